The molecule has 0 fully saturated rings. The molecule has 0 bridgehead atoms. The van der Waals surface area contributed by atoms with Gasteiger partial charge in [-0.05, 0) is 48.7 Å². The number of sulfonamides is 1. The van der Waals surface area contributed by atoms with Crippen LogP contribution in [0.5, 0.6) is 0 Å². The van der Waals surface area contributed by atoms with Crippen LogP contribution >= 0.6 is 15.9 Å². The molecule has 0 saturated heterocycles. The van der Waals surface area contributed by atoms with Gasteiger partial charge in [0, 0.05) is 10.0 Å². The van der Waals surface area contributed by atoms with Gasteiger partial charge in [0.1, 0.15) is 0 Å². The van der Waals surface area contributed by atoms with Crippen LogP contribution < -0.4 is 4.72 Å². The second-order valence-corrected chi connectivity index (χ2v) is 9.52. The molecule has 1 N–H and O–H groups in total. The molecule has 0 atom stereocenters. The summed E-state index contributed by atoms with van der Waals surface area (Å²) in [5.41, 5.74) is 1.31. The average molecular weight is 466 g/mol. The summed E-state index contributed by atoms with van der Waals surface area (Å²) in [6.45, 7) is 2.21. The van der Waals surface area contributed by atoms with Crippen LogP contribution in [-0.2, 0) is 16.4 Å². The summed E-state index contributed by atoms with van der Waals surface area (Å²) in [7, 11) is -3.90. The van der Waals surface area contributed by atoms with Crippen molar-refractivity contribution < 1.29 is 13.2 Å². The Bertz CT molecular complexity index is 864. The highest BCUT2D eigenvalue weighted by Gasteiger charge is 2.20. The second kappa shape index (κ2) is 11.4. The molecule has 0 aromatic heterocycles. The third-order valence-corrected chi connectivity index (χ3v) is 6.54. The van der Waals surface area contributed by atoms with Crippen molar-refractivity contribution in [3.8, 4) is 0 Å². The van der Waals surface area contributed by atoms with Crippen molar-refractivity contribution >= 4 is 31.9 Å². The number of rotatable bonds is 11. The van der Waals surface area contributed by atoms with Crippen LogP contribution in [-0.4, -0.2) is 14.3 Å². The molecular weight excluding hydrogens is 438 g/mol. The Morgan fingerprint density at radius 3 is 2.18 bits per heavy atom. The molecule has 0 aliphatic heterocycles. The van der Waals surface area contributed by atoms with E-state index in [1.807, 2.05) is 12.1 Å². The first-order valence-electron chi connectivity index (χ1n) is 9.84. The van der Waals surface area contributed by atoms with Crippen molar-refractivity contribution in [3.05, 3.63) is 64.1 Å². The Labute approximate surface area is 176 Å². The molecule has 152 valence electrons. The summed E-state index contributed by atoms with van der Waals surface area (Å²) in [5.74, 6) is -0.582. The van der Waals surface area contributed by atoms with Gasteiger partial charge in [0.15, 0.2) is 0 Å². The number of aryl methyl sites for hydroxylation is 1. The summed E-state index contributed by atoms with van der Waals surface area (Å²) in [5, 5.41) is 0. The van der Waals surface area contributed by atoms with E-state index in [9.17, 15) is 13.2 Å². The summed E-state index contributed by atoms with van der Waals surface area (Å²) in [6, 6.07) is 13.4. The maximum absolute atomic E-state index is 12.6. The van der Waals surface area contributed by atoms with E-state index in [2.05, 4.69) is 27.6 Å². The van der Waals surface area contributed by atoms with Gasteiger partial charge in [-0.25, -0.2) is 13.1 Å². The fraction of sp³-hybridized carbons (Fsp3) is 0.409. The Kier molecular flexibility index (Phi) is 9.19. The van der Waals surface area contributed by atoms with Gasteiger partial charge in [0.05, 0.1) is 4.90 Å². The van der Waals surface area contributed by atoms with Gasteiger partial charge in [-0.2, -0.15) is 0 Å². The molecule has 0 radical (unpaired) electrons. The van der Waals surface area contributed by atoms with Crippen molar-refractivity contribution in [1.82, 2.24) is 4.72 Å². The van der Waals surface area contributed by atoms with Crippen LogP contribution in [0.3, 0.4) is 0 Å². The van der Waals surface area contributed by atoms with Crippen LogP contribution in [0.1, 0.15) is 67.8 Å². The highest BCUT2D eigenvalue weighted by atomic mass is 79.9. The van der Waals surface area contributed by atoms with Gasteiger partial charge in [0.2, 0.25) is 0 Å². The lowest BCUT2D eigenvalue weighted by Gasteiger charge is -2.11. The van der Waals surface area contributed by atoms with Crippen LogP contribution in [0, 0.1) is 0 Å². The van der Waals surface area contributed by atoms with E-state index >= 15 is 0 Å². The second-order valence-electron chi connectivity index (χ2n) is 6.92. The maximum atomic E-state index is 12.6. The zero-order valence-corrected chi connectivity index (χ0v) is 18.7. The topological polar surface area (TPSA) is 63.2 Å². The molecule has 0 aliphatic carbocycles. The van der Waals surface area contributed by atoms with Crippen molar-refractivity contribution in [1.29, 1.82) is 0 Å². The minimum atomic E-state index is -3.90. The number of benzene rings is 2. The van der Waals surface area contributed by atoms with Crippen LogP contribution in [0.15, 0.2) is 57.9 Å². The number of hydrogen-bond donors (Lipinski definition) is 1. The van der Waals surface area contributed by atoms with E-state index < -0.39 is 15.9 Å². The number of halogens is 1. The highest BCUT2D eigenvalue weighted by molar-refractivity contribution is 9.10. The Morgan fingerprint density at radius 2 is 1.50 bits per heavy atom. The Balaban J connectivity index is 1.97. The maximum Gasteiger partial charge on any atom is 0.265 e. The van der Waals surface area contributed by atoms with E-state index in [0.29, 0.717) is 5.56 Å². The standard InChI is InChI=1S/C22H28BrNO3S/c1-2-3-4-5-6-7-8-11-18-12-9-10-13-21(18)22(25)24-28(26,27)20-16-14-19(23)15-17-20/h9-10,12-17H,2-8,11H2,1H3,(H,24,25). The number of hydrogen-bond acceptors (Lipinski definition) is 3. The van der Waals surface area contributed by atoms with Crippen molar-refractivity contribution in [2.24, 2.45) is 0 Å². The average Bonchev–Trinajstić information content (AvgIpc) is 2.67. The molecule has 0 unspecified atom stereocenters. The first-order valence-corrected chi connectivity index (χ1v) is 12.1. The van der Waals surface area contributed by atoms with Gasteiger partial charge in [-0.3, -0.25) is 4.79 Å². The number of unbranched alkanes of at least 4 members (excludes halogenated alkanes) is 6. The van der Waals surface area contributed by atoms with E-state index in [1.165, 1.54) is 44.2 Å². The molecule has 0 aliphatic rings. The highest BCUT2D eigenvalue weighted by Crippen LogP contribution is 2.17. The molecule has 2 rings (SSSR count). The van der Waals surface area contributed by atoms with Gasteiger partial charge < -0.3 is 0 Å². The normalized spacial score (nSPS) is 11.4. The van der Waals surface area contributed by atoms with E-state index in [1.54, 1.807) is 24.3 Å². The van der Waals surface area contributed by atoms with Gasteiger partial charge >= 0.3 is 0 Å². The third-order valence-electron chi connectivity index (χ3n) is 4.66. The summed E-state index contributed by atoms with van der Waals surface area (Å²) in [4.78, 5) is 12.7. The van der Waals surface area contributed by atoms with Gasteiger partial charge in [-0.15, -0.1) is 0 Å². The number of amides is 1. The predicted octanol–water partition coefficient (Wildman–Crippen LogP) is 5.86. The molecule has 28 heavy (non-hydrogen) atoms. The minimum Gasteiger partial charge on any atom is -0.268 e. The van der Waals surface area contributed by atoms with Gasteiger partial charge in [-0.1, -0.05) is 79.6 Å². The molecule has 2 aromatic rings. The third kappa shape index (κ3) is 7.06. The largest absolute Gasteiger partial charge is 0.268 e. The Morgan fingerprint density at radius 1 is 0.893 bits per heavy atom. The smallest absolute Gasteiger partial charge is 0.265 e. The fourth-order valence-electron chi connectivity index (χ4n) is 3.08. The van der Waals surface area contributed by atoms with Crippen LogP contribution in [0.2, 0.25) is 0 Å². The monoisotopic (exact) mass is 465 g/mol. The zero-order chi connectivity index (χ0) is 20.4. The SMILES string of the molecule is CCCCCCCCCc1ccccc1C(=O)NS(=O)(=O)c1ccc(Br)cc1. The fourth-order valence-corrected chi connectivity index (χ4v) is 4.31. The quantitative estimate of drug-likeness (QED) is 0.422. The summed E-state index contributed by atoms with van der Waals surface area (Å²) < 4.78 is 27.9. The molecule has 0 heterocycles. The van der Waals surface area contributed by atoms with E-state index in [4.69, 9.17) is 0 Å². The first kappa shape index (κ1) is 22.6. The lowest BCUT2D eigenvalue weighted by Crippen LogP contribution is -2.31. The van der Waals surface area contributed by atoms with E-state index in [0.717, 1.165) is 29.3 Å². The van der Waals surface area contributed by atoms with Crippen molar-refractivity contribution in [2.75, 3.05) is 0 Å². The molecule has 0 saturated carbocycles. The molecule has 1 amide bonds. The number of nitrogens with one attached hydrogen (secondary N) is 1. The first-order chi connectivity index (χ1) is 13.4. The summed E-state index contributed by atoms with van der Waals surface area (Å²) in [6.07, 6.45) is 9.15. The number of carbonyl (C=O) groups excluding carboxylic acids is 1. The molecule has 4 nitrogen and oxygen atoms in total. The van der Waals surface area contributed by atoms with Crippen LogP contribution in [0.25, 0.3) is 0 Å². The summed E-state index contributed by atoms with van der Waals surface area (Å²) >= 11 is 3.27. The zero-order valence-electron chi connectivity index (χ0n) is 16.3. The lowest BCUT2D eigenvalue weighted by molar-refractivity contribution is 0.0980. The minimum absolute atomic E-state index is 0.0635. The number of carbonyl (C=O) groups is 1. The van der Waals surface area contributed by atoms with Crippen molar-refractivity contribution in [3.63, 3.8) is 0 Å². The van der Waals surface area contributed by atoms with Crippen LogP contribution in [0.4, 0.5) is 0 Å². The van der Waals surface area contributed by atoms with E-state index in [-0.39, 0.29) is 4.90 Å². The lowest BCUT2D eigenvalue weighted by atomic mass is 10.00. The molecule has 2 aromatic carbocycles. The predicted molar refractivity (Wildman–Crippen MR) is 117 cm³/mol. The molecular formula is C22H28BrNO3S. The molecule has 0 spiro atoms. The Hall–Kier alpha value is -1.66. The van der Waals surface area contributed by atoms with Crippen molar-refractivity contribution in [2.45, 2.75) is 63.2 Å². The molecule has 6 heteroatoms. The van der Waals surface area contributed by atoms with Gasteiger partial charge in [0.25, 0.3) is 15.9 Å².